The van der Waals surface area contributed by atoms with E-state index in [1.165, 1.54) is 32.1 Å². The van der Waals surface area contributed by atoms with Crippen LogP contribution in [0.25, 0.3) is 0 Å². The molecule has 4 N–H and O–H groups in total. The predicted molar refractivity (Wildman–Crippen MR) is 169 cm³/mol. The molecular formula is C33H43N7O4. The fourth-order valence-corrected chi connectivity index (χ4v) is 7.20. The van der Waals surface area contributed by atoms with Gasteiger partial charge in [0, 0.05) is 36.4 Å². The molecule has 4 bridgehead atoms. The quantitative estimate of drug-likeness (QED) is 0.171. The van der Waals surface area contributed by atoms with E-state index in [4.69, 9.17) is 24.2 Å². The highest BCUT2D eigenvalue weighted by Gasteiger charge is 2.48. The molecule has 0 unspecified atom stereocenters. The van der Waals surface area contributed by atoms with Crippen LogP contribution in [0.15, 0.2) is 54.6 Å². The lowest BCUT2D eigenvalue weighted by molar-refractivity contribution is 0.00728. The lowest BCUT2D eigenvalue weighted by Crippen LogP contribution is -2.51. The Kier molecular flexibility index (Phi) is 10.0. The van der Waals surface area contributed by atoms with Crippen LogP contribution in [0, 0.1) is 23.7 Å². The Hall–Kier alpha value is -3.96. The van der Waals surface area contributed by atoms with Gasteiger partial charge in [0.1, 0.15) is 5.75 Å². The largest absolute Gasteiger partial charge is 0.497 e. The summed E-state index contributed by atoms with van der Waals surface area (Å²) in [5, 5.41) is 13.2. The number of amides is 1. The first-order valence-electron chi connectivity index (χ1n) is 15.8. The third-order valence-corrected chi connectivity index (χ3v) is 8.95. The van der Waals surface area contributed by atoms with Gasteiger partial charge in [0.25, 0.3) is 5.91 Å². The van der Waals surface area contributed by atoms with Gasteiger partial charge in [0.2, 0.25) is 17.8 Å². The second kappa shape index (κ2) is 14.7. The minimum Gasteiger partial charge on any atom is -0.497 e. The predicted octanol–water partition coefficient (Wildman–Crippen LogP) is 4.74. The van der Waals surface area contributed by atoms with E-state index < -0.39 is 0 Å². The number of aromatic nitrogens is 3. The molecule has 0 spiro atoms. The summed E-state index contributed by atoms with van der Waals surface area (Å²) in [5.41, 5.74) is 1.48. The minimum atomic E-state index is -0.104. The molecule has 0 aliphatic heterocycles. The summed E-state index contributed by atoms with van der Waals surface area (Å²) in [6.07, 6.45) is 6.70. The molecule has 1 heterocycles. The zero-order valence-electron chi connectivity index (χ0n) is 25.3. The summed E-state index contributed by atoms with van der Waals surface area (Å²) < 4.78 is 16.7. The first-order chi connectivity index (χ1) is 21.6. The summed E-state index contributed by atoms with van der Waals surface area (Å²) in [6.45, 7) is 2.77. The number of hydrogen-bond donors (Lipinski definition) is 4. The van der Waals surface area contributed by atoms with Crippen molar-refractivity contribution < 1.29 is 19.0 Å². The molecule has 2 aromatic carbocycles. The Balaban J connectivity index is 0.972. The Morgan fingerprint density at radius 3 is 2.18 bits per heavy atom. The van der Waals surface area contributed by atoms with Gasteiger partial charge >= 0.3 is 0 Å². The fourth-order valence-electron chi connectivity index (χ4n) is 7.20. The zero-order chi connectivity index (χ0) is 30.1. The third kappa shape index (κ3) is 7.95. The van der Waals surface area contributed by atoms with Gasteiger partial charge in [-0.25, -0.2) is 0 Å². The molecule has 0 saturated heterocycles. The van der Waals surface area contributed by atoms with Crippen LogP contribution in [-0.4, -0.2) is 73.5 Å². The number of methoxy groups -OCH3 is 1. The molecule has 1 aromatic heterocycles. The van der Waals surface area contributed by atoms with Crippen molar-refractivity contribution in [2.24, 2.45) is 23.7 Å². The Morgan fingerprint density at radius 2 is 1.45 bits per heavy atom. The van der Waals surface area contributed by atoms with E-state index in [0.29, 0.717) is 80.8 Å². The van der Waals surface area contributed by atoms with Crippen LogP contribution in [0.4, 0.5) is 23.5 Å². The van der Waals surface area contributed by atoms with Gasteiger partial charge in [0.15, 0.2) is 0 Å². The number of nitrogens with zero attached hydrogens (tertiary/aromatic N) is 3. The van der Waals surface area contributed by atoms with Crippen LogP contribution in [0.1, 0.15) is 42.5 Å². The molecule has 4 fully saturated rings. The molecule has 4 aliphatic carbocycles. The van der Waals surface area contributed by atoms with E-state index in [1.54, 1.807) is 19.2 Å². The maximum absolute atomic E-state index is 12.1. The lowest BCUT2D eigenvalue weighted by Gasteiger charge is -2.54. The van der Waals surface area contributed by atoms with Gasteiger partial charge in [-0.15, -0.1) is 0 Å². The summed E-state index contributed by atoms with van der Waals surface area (Å²) in [4.78, 5) is 26.2. The first-order valence-corrected chi connectivity index (χ1v) is 15.8. The Labute approximate surface area is 258 Å². The fraction of sp³-hybridized carbons (Fsp3) is 0.515. The van der Waals surface area contributed by atoms with Crippen molar-refractivity contribution in [3.05, 3.63) is 60.2 Å². The molecule has 7 rings (SSSR count). The molecule has 1 amide bonds. The molecule has 11 nitrogen and oxygen atoms in total. The topological polar surface area (TPSA) is 132 Å². The maximum atomic E-state index is 12.1. The highest BCUT2D eigenvalue weighted by molar-refractivity contribution is 5.94. The van der Waals surface area contributed by atoms with E-state index in [2.05, 4.69) is 26.3 Å². The summed E-state index contributed by atoms with van der Waals surface area (Å²) in [6, 6.07) is 17.3. The number of rotatable bonds is 16. The number of carbonyl (C=O) groups excluding carboxylic acids is 1. The highest BCUT2D eigenvalue weighted by atomic mass is 16.5. The van der Waals surface area contributed by atoms with Crippen LogP contribution in [0.3, 0.4) is 0 Å². The molecule has 0 atom stereocenters. The smallest absolute Gasteiger partial charge is 0.251 e. The number of carbonyl (C=O) groups is 1. The second-order valence-corrected chi connectivity index (χ2v) is 12.0. The van der Waals surface area contributed by atoms with Crippen LogP contribution in [0.5, 0.6) is 5.75 Å². The molecule has 11 heteroatoms. The van der Waals surface area contributed by atoms with Crippen molar-refractivity contribution in [2.75, 3.05) is 62.6 Å². The molecular weight excluding hydrogens is 558 g/mol. The third-order valence-electron chi connectivity index (χ3n) is 8.95. The van der Waals surface area contributed by atoms with E-state index in [0.717, 1.165) is 23.3 Å². The standard InChI is InChI=1S/C33H43N7O4/c1-42-28-9-5-8-27(21-28)36-32-38-31(39-33(40-32)37-29-25-17-22-16-23(19-25)20-26(29)18-22)35-11-13-44-15-14-43-12-10-34-30(41)24-6-3-2-4-7-24/h2-9,21-23,25-26,29H,10-20H2,1H3,(H,34,41)(H3,35,36,37,38,39,40). The molecule has 44 heavy (non-hydrogen) atoms. The summed E-state index contributed by atoms with van der Waals surface area (Å²) in [5.74, 6) is 5.42. The van der Waals surface area contributed by atoms with Gasteiger partial charge in [-0.05, 0) is 80.0 Å². The van der Waals surface area contributed by atoms with Crippen molar-refractivity contribution in [2.45, 2.75) is 38.1 Å². The van der Waals surface area contributed by atoms with E-state index in [-0.39, 0.29) is 5.91 Å². The number of hydrogen-bond acceptors (Lipinski definition) is 10. The van der Waals surface area contributed by atoms with Crippen molar-refractivity contribution in [3.8, 4) is 5.75 Å². The molecule has 4 saturated carbocycles. The van der Waals surface area contributed by atoms with Crippen LogP contribution < -0.4 is 26.0 Å². The zero-order valence-corrected chi connectivity index (χ0v) is 25.3. The second-order valence-electron chi connectivity index (χ2n) is 12.0. The molecule has 3 aromatic rings. The van der Waals surface area contributed by atoms with Crippen LogP contribution >= 0.6 is 0 Å². The van der Waals surface area contributed by atoms with Crippen LogP contribution in [-0.2, 0) is 9.47 Å². The average molecular weight is 602 g/mol. The van der Waals surface area contributed by atoms with Gasteiger partial charge in [-0.1, -0.05) is 24.3 Å². The molecule has 234 valence electrons. The Morgan fingerprint density at radius 1 is 0.773 bits per heavy atom. The minimum absolute atomic E-state index is 0.104. The first kappa shape index (κ1) is 30.1. The van der Waals surface area contributed by atoms with Gasteiger partial charge in [0.05, 0.1) is 33.5 Å². The van der Waals surface area contributed by atoms with E-state index in [1.807, 2.05) is 42.5 Å². The molecule has 4 aliphatic rings. The average Bonchev–Trinajstić information content (AvgIpc) is 3.03. The summed E-state index contributed by atoms with van der Waals surface area (Å²) >= 11 is 0. The van der Waals surface area contributed by atoms with Gasteiger partial charge in [-0.2, -0.15) is 15.0 Å². The number of ether oxygens (including phenoxy) is 3. The van der Waals surface area contributed by atoms with Crippen molar-refractivity contribution >= 4 is 29.4 Å². The number of anilines is 4. The lowest BCUT2D eigenvalue weighted by atomic mass is 9.54. The number of benzene rings is 2. The molecule has 0 radical (unpaired) electrons. The number of nitrogens with one attached hydrogen (secondary N) is 4. The normalized spacial score (nSPS) is 23.2. The highest BCUT2D eigenvalue weighted by Crippen LogP contribution is 2.54. The van der Waals surface area contributed by atoms with Crippen molar-refractivity contribution in [1.82, 2.24) is 20.3 Å². The monoisotopic (exact) mass is 601 g/mol. The maximum Gasteiger partial charge on any atom is 0.251 e. The summed E-state index contributed by atoms with van der Waals surface area (Å²) in [7, 11) is 1.65. The van der Waals surface area contributed by atoms with Crippen molar-refractivity contribution in [1.29, 1.82) is 0 Å². The van der Waals surface area contributed by atoms with Gasteiger partial charge < -0.3 is 35.5 Å². The Bertz CT molecular complexity index is 1350. The van der Waals surface area contributed by atoms with Crippen molar-refractivity contribution in [3.63, 3.8) is 0 Å². The van der Waals surface area contributed by atoms with Crippen LogP contribution in [0.2, 0.25) is 0 Å². The van der Waals surface area contributed by atoms with E-state index >= 15 is 0 Å². The van der Waals surface area contributed by atoms with Gasteiger partial charge in [-0.3, -0.25) is 4.79 Å². The van der Waals surface area contributed by atoms with E-state index in [9.17, 15) is 4.79 Å². The SMILES string of the molecule is COc1cccc(Nc2nc(NCCOCCOCCNC(=O)c3ccccc3)nc(NC3C4CC5CC(C4)CC3C5)n2)c1.